The van der Waals surface area contributed by atoms with E-state index in [-0.39, 0.29) is 6.61 Å². The summed E-state index contributed by atoms with van der Waals surface area (Å²) in [6, 6.07) is 5.65. The molecule has 2 aromatic heterocycles. The van der Waals surface area contributed by atoms with Crippen LogP contribution in [0.5, 0.6) is 0 Å². The van der Waals surface area contributed by atoms with Crippen molar-refractivity contribution < 1.29 is 14.6 Å². The van der Waals surface area contributed by atoms with Gasteiger partial charge in [-0.05, 0) is 24.3 Å². The molecule has 3 heterocycles. The highest BCUT2D eigenvalue weighted by Gasteiger charge is 2.20. The number of rotatable bonds is 5. The fraction of sp³-hybridized carbons (Fsp3) is 0.400. The van der Waals surface area contributed by atoms with Crippen molar-refractivity contribution in [3.8, 4) is 0 Å². The zero-order chi connectivity index (χ0) is 14.7. The quantitative estimate of drug-likeness (QED) is 0.860. The third-order valence-electron chi connectivity index (χ3n) is 3.60. The summed E-state index contributed by atoms with van der Waals surface area (Å²) in [4.78, 5) is 2.30. The number of aliphatic hydroxyl groups excluding tert-OH is 2. The van der Waals surface area contributed by atoms with Crippen molar-refractivity contribution in [2.75, 3.05) is 19.7 Å². The summed E-state index contributed by atoms with van der Waals surface area (Å²) < 4.78 is 7.15. The first kappa shape index (κ1) is 14.1. The van der Waals surface area contributed by atoms with Crippen LogP contribution in [0.4, 0.5) is 0 Å². The molecule has 6 heteroatoms. The van der Waals surface area contributed by atoms with E-state index in [2.05, 4.69) is 16.1 Å². The van der Waals surface area contributed by atoms with Gasteiger partial charge >= 0.3 is 0 Å². The van der Waals surface area contributed by atoms with Crippen LogP contribution < -0.4 is 0 Å². The summed E-state index contributed by atoms with van der Waals surface area (Å²) >= 11 is 0. The first-order valence-electron chi connectivity index (χ1n) is 7.04. The van der Waals surface area contributed by atoms with Crippen molar-refractivity contribution in [2.45, 2.75) is 19.2 Å². The van der Waals surface area contributed by atoms with Crippen LogP contribution in [0.15, 0.2) is 35.0 Å². The molecular weight excluding hydrogens is 270 g/mol. The molecule has 0 aliphatic carbocycles. The number of nitrogens with zero attached hydrogens (tertiary/aromatic N) is 3. The molecule has 2 N–H and O–H groups in total. The summed E-state index contributed by atoms with van der Waals surface area (Å²) in [6.07, 6.45) is 4.81. The molecule has 0 radical (unpaired) electrons. The van der Waals surface area contributed by atoms with E-state index in [4.69, 9.17) is 9.52 Å². The van der Waals surface area contributed by atoms with Crippen molar-refractivity contribution in [2.24, 2.45) is 0 Å². The zero-order valence-corrected chi connectivity index (χ0v) is 11.7. The molecule has 112 valence electrons. The molecule has 1 atom stereocenters. The van der Waals surface area contributed by atoms with Crippen LogP contribution >= 0.6 is 0 Å². The van der Waals surface area contributed by atoms with E-state index >= 15 is 0 Å². The van der Waals surface area contributed by atoms with Crippen molar-refractivity contribution >= 4 is 6.08 Å². The molecule has 0 fully saturated rings. The maximum Gasteiger partial charge on any atom is 0.126 e. The molecule has 3 rings (SSSR count). The second-order valence-electron chi connectivity index (χ2n) is 5.13. The maximum atomic E-state index is 9.63. The van der Waals surface area contributed by atoms with Gasteiger partial charge in [-0.25, -0.2) is 0 Å². The molecular formula is C15H19N3O3. The molecule has 1 unspecified atom stereocenters. The molecule has 1 aliphatic rings. The van der Waals surface area contributed by atoms with Gasteiger partial charge in [-0.15, -0.1) is 0 Å². The number of aliphatic hydroxyl groups is 2. The summed E-state index contributed by atoms with van der Waals surface area (Å²) in [5, 5.41) is 22.9. The van der Waals surface area contributed by atoms with Crippen LogP contribution in [-0.2, 0) is 13.1 Å². The highest BCUT2D eigenvalue weighted by molar-refractivity contribution is 5.42. The van der Waals surface area contributed by atoms with Crippen molar-refractivity contribution in [1.82, 2.24) is 14.7 Å². The van der Waals surface area contributed by atoms with Gasteiger partial charge in [0.15, 0.2) is 0 Å². The molecule has 0 spiro atoms. The van der Waals surface area contributed by atoms with Gasteiger partial charge in [0.2, 0.25) is 0 Å². The minimum absolute atomic E-state index is 0.300. The van der Waals surface area contributed by atoms with Crippen LogP contribution in [0.25, 0.3) is 6.08 Å². The van der Waals surface area contributed by atoms with Gasteiger partial charge in [0.25, 0.3) is 0 Å². The van der Waals surface area contributed by atoms with Crippen LogP contribution in [0, 0.1) is 0 Å². The summed E-state index contributed by atoms with van der Waals surface area (Å²) in [5.74, 6) is 0.852. The molecule has 0 bridgehead atoms. The average molecular weight is 289 g/mol. The lowest BCUT2D eigenvalue weighted by Gasteiger charge is -2.26. The second-order valence-corrected chi connectivity index (χ2v) is 5.13. The number of fused-ring (bicyclic) bond motifs is 1. The van der Waals surface area contributed by atoms with Crippen LogP contribution in [0.3, 0.4) is 0 Å². The highest BCUT2D eigenvalue weighted by Crippen LogP contribution is 2.18. The Morgan fingerprint density at radius 3 is 3.10 bits per heavy atom. The van der Waals surface area contributed by atoms with E-state index in [0.717, 1.165) is 37.6 Å². The number of hydrogen-bond acceptors (Lipinski definition) is 5. The average Bonchev–Trinajstić information content (AvgIpc) is 3.14. The Bertz CT molecular complexity index is 604. The van der Waals surface area contributed by atoms with Gasteiger partial charge in [-0.1, -0.05) is 6.08 Å². The smallest absolute Gasteiger partial charge is 0.126 e. The highest BCUT2D eigenvalue weighted by atomic mass is 16.3. The molecule has 0 saturated heterocycles. The van der Waals surface area contributed by atoms with E-state index in [9.17, 15) is 5.11 Å². The van der Waals surface area contributed by atoms with Crippen LogP contribution in [0.1, 0.15) is 23.3 Å². The number of hydrogen-bond donors (Lipinski definition) is 2. The van der Waals surface area contributed by atoms with Crippen molar-refractivity contribution in [1.29, 1.82) is 0 Å². The lowest BCUT2D eigenvalue weighted by Crippen LogP contribution is -2.33. The normalized spacial score (nSPS) is 17.2. The number of furan rings is 1. The largest absolute Gasteiger partial charge is 0.465 e. The van der Waals surface area contributed by atoms with Gasteiger partial charge in [-0.2, -0.15) is 5.10 Å². The summed E-state index contributed by atoms with van der Waals surface area (Å²) in [5.41, 5.74) is 1.61. The summed E-state index contributed by atoms with van der Waals surface area (Å²) in [6.45, 7) is 3.03. The van der Waals surface area contributed by atoms with Crippen LogP contribution in [0.2, 0.25) is 0 Å². The molecule has 1 aliphatic heterocycles. The fourth-order valence-corrected chi connectivity index (χ4v) is 2.46. The minimum atomic E-state index is -0.893. The lowest BCUT2D eigenvalue weighted by atomic mass is 10.2. The Labute approximate surface area is 122 Å². The van der Waals surface area contributed by atoms with E-state index in [1.165, 1.54) is 0 Å². The first-order valence-corrected chi connectivity index (χ1v) is 7.04. The molecule has 6 nitrogen and oxygen atoms in total. The maximum absolute atomic E-state index is 9.63. The lowest BCUT2D eigenvalue weighted by molar-refractivity contribution is 0.0915. The van der Waals surface area contributed by atoms with E-state index in [1.807, 2.05) is 29.0 Å². The van der Waals surface area contributed by atoms with E-state index in [1.54, 1.807) is 6.26 Å². The fourth-order valence-electron chi connectivity index (χ4n) is 2.46. The predicted molar refractivity (Wildman–Crippen MR) is 77.3 cm³/mol. The van der Waals surface area contributed by atoms with E-state index in [0.29, 0.717) is 5.69 Å². The monoisotopic (exact) mass is 289 g/mol. The predicted octanol–water partition coefficient (Wildman–Crippen LogP) is 1.03. The van der Waals surface area contributed by atoms with Gasteiger partial charge in [0.1, 0.15) is 11.9 Å². The van der Waals surface area contributed by atoms with Crippen molar-refractivity contribution in [3.63, 3.8) is 0 Å². The van der Waals surface area contributed by atoms with Gasteiger partial charge < -0.3 is 14.6 Å². The third kappa shape index (κ3) is 3.24. The Balaban J connectivity index is 1.60. The van der Waals surface area contributed by atoms with Crippen LogP contribution in [-0.4, -0.2) is 44.6 Å². The third-order valence-corrected chi connectivity index (χ3v) is 3.60. The molecule has 0 amide bonds. The Morgan fingerprint density at radius 2 is 2.33 bits per heavy atom. The van der Waals surface area contributed by atoms with Gasteiger partial charge in [-0.3, -0.25) is 9.58 Å². The topological polar surface area (TPSA) is 74.7 Å². The standard InChI is InChI=1S/C15H19N3O3/c19-11-15(20)14-9-12-10-17(6-7-18(12)16-14)5-1-3-13-4-2-8-21-13/h1-4,8-9,15,19-20H,5-7,10-11H2/b3-1+. The second kappa shape index (κ2) is 6.26. The molecule has 2 aromatic rings. The Kier molecular flexibility index (Phi) is 4.19. The van der Waals surface area contributed by atoms with E-state index < -0.39 is 6.10 Å². The SMILES string of the molecule is OCC(O)c1cc2n(n1)CCN(C/C=C/c1ccco1)C2. The van der Waals surface area contributed by atoms with Gasteiger partial charge in [0, 0.05) is 19.6 Å². The molecule has 21 heavy (non-hydrogen) atoms. The van der Waals surface area contributed by atoms with Gasteiger partial charge in [0.05, 0.1) is 30.8 Å². The number of aromatic nitrogens is 2. The Hall–Kier alpha value is -1.89. The Morgan fingerprint density at radius 1 is 1.43 bits per heavy atom. The van der Waals surface area contributed by atoms with Crippen molar-refractivity contribution in [3.05, 3.63) is 47.7 Å². The minimum Gasteiger partial charge on any atom is -0.465 e. The molecule has 0 saturated carbocycles. The first-order chi connectivity index (χ1) is 10.3. The zero-order valence-electron chi connectivity index (χ0n) is 11.7. The summed E-state index contributed by atoms with van der Waals surface area (Å²) in [7, 11) is 0. The molecule has 0 aromatic carbocycles.